The SMILES string of the molecule is CCc1nc(NN)c(C)c(NN(C)C)n1. The molecule has 15 heavy (non-hydrogen) atoms. The van der Waals surface area contributed by atoms with Crippen molar-refractivity contribution in [3.05, 3.63) is 11.4 Å². The molecule has 0 saturated heterocycles. The molecule has 0 amide bonds. The van der Waals surface area contributed by atoms with Gasteiger partial charge in [-0.15, -0.1) is 0 Å². The lowest BCUT2D eigenvalue weighted by Crippen LogP contribution is -2.23. The third kappa shape index (κ3) is 2.77. The van der Waals surface area contributed by atoms with Gasteiger partial charge in [-0.2, -0.15) is 0 Å². The molecule has 1 heterocycles. The van der Waals surface area contributed by atoms with E-state index in [-0.39, 0.29) is 0 Å². The van der Waals surface area contributed by atoms with Crippen molar-refractivity contribution in [1.29, 1.82) is 0 Å². The standard InChI is InChI=1S/C9H18N6/c1-5-7-11-8(13-10)6(2)9(12-7)14-15(3)4/h5,10H2,1-4H3,(H2,11,12,13,14). The fraction of sp³-hybridized carbons (Fsp3) is 0.556. The van der Waals surface area contributed by atoms with Crippen LogP contribution in [0.5, 0.6) is 0 Å². The predicted molar refractivity (Wildman–Crippen MR) is 61.3 cm³/mol. The van der Waals surface area contributed by atoms with Crippen LogP contribution in [0.3, 0.4) is 0 Å². The second-order valence-corrected chi connectivity index (χ2v) is 3.47. The minimum absolute atomic E-state index is 0.659. The van der Waals surface area contributed by atoms with Crippen molar-refractivity contribution >= 4 is 11.6 Å². The zero-order valence-electron chi connectivity index (χ0n) is 9.63. The van der Waals surface area contributed by atoms with Crippen LogP contribution in [0.4, 0.5) is 11.6 Å². The second-order valence-electron chi connectivity index (χ2n) is 3.47. The molecule has 0 bridgehead atoms. The van der Waals surface area contributed by atoms with Crippen LogP contribution in [-0.2, 0) is 6.42 Å². The minimum Gasteiger partial charge on any atom is -0.308 e. The van der Waals surface area contributed by atoms with Gasteiger partial charge < -0.3 is 10.9 Å². The van der Waals surface area contributed by atoms with E-state index in [4.69, 9.17) is 5.84 Å². The molecule has 0 unspecified atom stereocenters. The number of anilines is 2. The lowest BCUT2D eigenvalue weighted by atomic mass is 10.3. The number of aryl methyl sites for hydroxylation is 1. The number of hydrazine groups is 2. The maximum Gasteiger partial charge on any atom is 0.149 e. The summed E-state index contributed by atoms with van der Waals surface area (Å²) in [7, 11) is 3.81. The Morgan fingerprint density at radius 3 is 2.33 bits per heavy atom. The van der Waals surface area contributed by atoms with Crippen molar-refractivity contribution in [2.45, 2.75) is 20.3 Å². The Kier molecular flexibility index (Phi) is 3.81. The molecule has 6 heteroatoms. The zero-order chi connectivity index (χ0) is 11.4. The van der Waals surface area contributed by atoms with E-state index >= 15 is 0 Å². The lowest BCUT2D eigenvalue weighted by Gasteiger charge is -2.17. The molecule has 0 aromatic carbocycles. The van der Waals surface area contributed by atoms with E-state index in [1.165, 1.54) is 0 Å². The van der Waals surface area contributed by atoms with Crippen LogP contribution in [0, 0.1) is 6.92 Å². The summed E-state index contributed by atoms with van der Waals surface area (Å²) in [6.45, 7) is 3.92. The van der Waals surface area contributed by atoms with Gasteiger partial charge in [0.2, 0.25) is 0 Å². The Hall–Kier alpha value is -1.40. The smallest absolute Gasteiger partial charge is 0.149 e. The van der Waals surface area contributed by atoms with Gasteiger partial charge in [-0.25, -0.2) is 20.8 Å². The molecule has 0 fully saturated rings. The van der Waals surface area contributed by atoms with E-state index in [0.29, 0.717) is 5.82 Å². The summed E-state index contributed by atoms with van der Waals surface area (Å²) in [5.41, 5.74) is 6.59. The fourth-order valence-electron chi connectivity index (χ4n) is 1.18. The molecule has 0 saturated carbocycles. The summed E-state index contributed by atoms with van der Waals surface area (Å²) >= 11 is 0. The van der Waals surface area contributed by atoms with E-state index in [0.717, 1.165) is 23.6 Å². The summed E-state index contributed by atoms with van der Waals surface area (Å²) in [6.07, 6.45) is 0.775. The van der Waals surface area contributed by atoms with Crippen LogP contribution in [-0.4, -0.2) is 29.1 Å². The van der Waals surface area contributed by atoms with E-state index in [2.05, 4.69) is 20.8 Å². The molecular formula is C9H18N6. The van der Waals surface area contributed by atoms with E-state index in [9.17, 15) is 0 Å². The molecule has 0 aliphatic rings. The lowest BCUT2D eigenvalue weighted by molar-refractivity contribution is 0.491. The van der Waals surface area contributed by atoms with Gasteiger partial charge in [0.15, 0.2) is 0 Å². The maximum absolute atomic E-state index is 5.39. The number of nitrogen functional groups attached to an aromatic ring is 1. The van der Waals surface area contributed by atoms with Crippen LogP contribution in [0.1, 0.15) is 18.3 Å². The first kappa shape index (κ1) is 11.7. The number of rotatable bonds is 4. The number of hydrogen-bond donors (Lipinski definition) is 3. The molecule has 1 aromatic heterocycles. The van der Waals surface area contributed by atoms with Crippen molar-refractivity contribution < 1.29 is 0 Å². The molecule has 1 aromatic rings. The van der Waals surface area contributed by atoms with Crippen molar-refractivity contribution in [3.63, 3.8) is 0 Å². The maximum atomic E-state index is 5.39. The Morgan fingerprint density at radius 1 is 1.27 bits per heavy atom. The number of nitrogens with zero attached hydrogens (tertiary/aromatic N) is 3. The molecule has 0 spiro atoms. The van der Waals surface area contributed by atoms with Crippen LogP contribution in [0.2, 0.25) is 0 Å². The summed E-state index contributed by atoms with van der Waals surface area (Å²) in [4.78, 5) is 8.65. The zero-order valence-corrected chi connectivity index (χ0v) is 9.63. The highest BCUT2D eigenvalue weighted by Crippen LogP contribution is 2.19. The summed E-state index contributed by atoms with van der Waals surface area (Å²) in [6, 6.07) is 0. The third-order valence-electron chi connectivity index (χ3n) is 1.97. The fourth-order valence-corrected chi connectivity index (χ4v) is 1.18. The Morgan fingerprint density at radius 2 is 1.87 bits per heavy atom. The first-order valence-electron chi connectivity index (χ1n) is 4.86. The summed E-state index contributed by atoms with van der Waals surface area (Å²) in [5.74, 6) is 7.59. The van der Waals surface area contributed by atoms with E-state index < -0.39 is 0 Å². The largest absolute Gasteiger partial charge is 0.308 e. The average molecular weight is 210 g/mol. The molecule has 0 aliphatic carbocycles. The molecule has 6 nitrogen and oxygen atoms in total. The molecule has 4 N–H and O–H groups in total. The number of hydrogen-bond acceptors (Lipinski definition) is 6. The monoisotopic (exact) mass is 210 g/mol. The first-order chi connectivity index (χ1) is 7.08. The summed E-state index contributed by atoms with van der Waals surface area (Å²) < 4.78 is 0. The first-order valence-corrected chi connectivity index (χ1v) is 4.86. The Balaban J connectivity index is 3.12. The van der Waals surface area contributed by atoms with E-state index in [1.54, 1.807) is 0 Å². The van der Waals surface area contributed by atoms with Gasteiger partial charge >= 0.3 is 0 Å². The highest BCUT2D eigenvalue weighted by Gasteiger charge is 2.09. The van der Waals surface area contributed by atoms with Gasteiger partial charge in [-0.3, -0.25) is 0 Å². The Bertz CT molecular complexity index is 336. The number of aromatic nitrogens is 2. The highest BCUT2D eigenvalue weighted by atomic mass is 15.5. The Labute approximate surface area is 89.8 Å². The number of nitrogens with two attached hydrogens (primary N) is 1. The molecule has 0 aliphatic heterocycles. The van der Waals surface area contributed by atoms with Gasteiger partial charge in [0.25, 0.3) is 0 Å². The van der Waals surface area contributed by atoms with Gasteiger partial charge in [-0.05, 0) is 6.92 Å². The van der Waals surface area contributed by atoms with Crippen molar-refractivity contribution in [2.24, 2.45) is 5.84 Å². The molecule has 84 valence electrons. The average Bonchev–Trinajstić information content (AvgIpc) is 2.20. The quantitative estimate of drug-likeness (QED) is 0.497. The summed E-state index contributed by atoms with van der Waals surface area (Å²) in [5, 5.41) is 1.83. The molecule has 1 rings (SSSR count). The van der Waals surface area contributed by atoms with Crippen LogP contribution < -0.4 is 16.7 Å². The van der Waals surface area contributed by atoms with Gasteiger partial charge in [0, 0.05) is 26.1 Å². The van der Waals surface area contributed by atoms with Crippen LogP contribution in [0.15, 0.2) is 0 Å². The normalized spacial score (nSPS) is 10.5. The van der Waals surface area contributed by atoms with Gasteiger partial charge in [0.05, 0.1) is 0 Å². The van der Waals surface area contributed by atoms with Crippen molar-refractivity contribution in [3.8, 4) is 0 Å². The topological polar surface area (TPSA) is 79.1 Å². The van der Waals surface area contributed by atoms with Crippen LogP contribution in [0.25, 0.3) is 0 Å². The number of nitrogens with one attached hydrogen (secondary N) is 2. The molecule has 0 radical (unpaired) electrons. The molecular weight excluding hydrogens is 192 g/mol. The highest BCUT2D eigenvalue weighted by molar-refractivity contribution is 5.56. The van der Waals surface area contributed by atoms with Crippen molar-refractivity contribution in [1.82, 2.24) is 15.0 Å². The minimum atomic E-state index is 0.659. The van der Waals surface area contributed by atoms with Crippen LogP contribution >= 0.6 is 0 Å². The van der Waals surface area contributed by atoms with Crippen molar-refractivity contribution in [2.75, 3.05) is 24.9 Å². The van der Waals surface area contributed by atoms with Gasteiger partial charge in [-0.1, -0.05) is 6.92 Å². The third-order valence-corrected chi connectivity index (χ3v) is 1.97. The van der Waals surface area contributed by atoms with Gasteiger partial charge in [0.1, 0.15) is 17.5 Å². The predicted octanol–water partition coefficient (Wildman–Crippen LogP) is 0.522. The molecule has 0 atom stereocenters. The van der Waals surface area contributed by atoms with E-state index in [1.807, 2.05) is 33.0 Å². The second kappa shape index (κ2) is 4.90.